The van der Waals surface area contributed by atoms with Crippen molar-refractivity contribution < 1.29 is 38.5 Å². The maximum Gasteiger partial charge on any atom is 0.313 e. The van der Waals surface area contributed by atoms with E-state index in [1.807, 2.05) is 38.1 Å². The first kappa shape index (κ1) is 38.4. The number of rotatable bonds is 16. The molecule has 274 valence electrons. The van der Waals surface area contributed by atoms with Gasteiger partial charge in [-0.15, -0.1) is 13.2 Å². The van der Waals surface area contributed by atoms with Gasteiger partial charge in [0.15, 0.2) is 0 Å². The van der Waals surface area contributed by atoms with Crippen molar-refractivity contribution in [2.75, 3.05) is 31.8 Å². The van der Waals surface area contributed by atoms with Crippen LogP contribution in [0.15, 0.2) is 73.8 Å². The van der Waals surface area contributed by atoms with Crippen LogP contribution in [0, 0.1) is 25.7 Å². The minimum Gasteiger partial charge on any atom is -0.455 e. The van der Waals surface area contributed by atoms with Gasteiger partial charge in [-0.25, -0.2) is 0 Å². The average Bonchev–Trinajstić information content (AvgIpc) is 3.71. The summed E-state index contributed by atoms with van der Waals surface area (Å²) in [6.07, 6.45) is 2.48. The molecule has 9 atom stereocenters. The lowest BCUT2D eigenvalue weighted by atomic mass is 9.70. The van der Waals surface area contributed by atoms with E-state index in [1.165, 1.54) is 12.0 Å². The molecule has 3 fully saturated rings. The van der Waals surface area contributed by atoms with E-state index in [0.717, 1.165) is 11.1 Å². The van der Waals surface area contributed by atoms with Crippen LogP contribution in [0.2, 0.25) is 0 Å². The smallest absolute Gasteiger partial charge is 0.313 e. The molecule has 0 aliphatic carbocycles. The van der Waals surface area contributed by atoms with Crippen LogP contribution in [-0.4, -0.2) is 95.2 Å². The number of fused-ring (bicyclic) bond motifs is 1. The number of alkyl halides is 1. The normalized spacial score (nSPS) is 26.6. The van der Waals surface area contributed by atoms with Crippen LogP contribution in [0.25, 0.3) is 0 Å². The summed E-state index contributed by atoms with van der Waals surface area (Å²) in [7, 11) is 1.50. The Hall–Kier alpha value is -3.84. The van der Waals surface area contributed by atoms with Gasteiger partial charge in [-0.3, -0.25) is 19.2 Å². The molecule has 2 aromatic carbocycles. The zero-order valence-corrected chi connectivity index (χ0v) is 31.2. The number of nitrogens with zero attached hydrogens (tertiary/aromatic N) is 2. The summed E-state index contributed by atoms with van der Waals surface area (Å²) in [5.74, 6) is -3.94. The molecule has 3 aliphatic heterocycles. The van der Waals surface area contributed by atoms with E-state index in [-0.39, 0.29) is 42.6 Å². The number of esters is 1. The monoisotopic (exact) mass is 765 g/mol. The second-order valence-corrected chi connectivity index (χ2v) is 14.8. The second-order valence-electron chi connectivity index (χ2n) is 13.6. The molecule has 3 amide bonds. The van der Waals surface area contributed by atoms with Crippen LogP contribution in [-0.2, 0) is 33.4 Å². The highest BCUT2D eigenvalue weighted by atomic mass is 79.9. The highest BCUT2D eigenvalue weighted by molar-refractivity contribution is 9.09. The number of ether oxygens (including phenoxy) is 3. The predicted molar refractivity (Wildman–Crippen MR) is 196 cm³/mol. The van der Waals surface area contributed by atoms with Gasteiger partial charge in [0.25, 0.3) is 5.91 Å². The van der Waals surface area contributed by atoms with E-state index >= 15 is 0 Å². The van der Waals surface area contributed by atoms with Crippen molar-refractivity contribution in [3.63, 3.8) is 0 Å². The fraction of sp³-hybridized carbons (Fsp3) is 0.487. The Balaban J connectivity index is 1.55. The molecule has 2 aromatic rings. The number of carbonyl (C=O) groups is 4. The molecule has 5 rings (SSSR count). The second kappa shape index (κ2) is 16.2. The summed E-state index contributed by atoms with van der Waals surface area (Å²) in [6.45, 7) is 12.9. The van der Waals surface area contributed by atoms with Crippen molar-refractivity contribution in [3.8, 4) is 0 Å². The van der Waals surface area contributed by atoms with Gasteiger partial charge in [0.05, 0.1) is 43.2 Å². The Morgan fingerprint density at radius 1 is 1.14 bits per heavy atom. The van der Waals surface area contributed by atoms with Gasteiger partial charge in [0, 0.05) is 30.6 Å². The van der Waals surface area contributed by atoms with Gasteiger partial charge in [-0.1, -0.05) is 76.6 Å². The maximum absolute atomic E-state index is 15.0. The van der Waals surface area contributed by atoms with Crippen molar-refractivity contribution in [2.45, 2.75) is 80.8 Å². The van der Waals surface area contributed by atoms with Gasteiger partial charge >= 0.3 is 5.97 Å². The van der Waals surface area contributed by atoms with Gasteiger partial charge in [-0.2, -0.15) is 0 Å². The summed E-state index contributed by atoms with van der Waals surface area (Å²) in [4.78, 5) is 59.7. The van der Waals surface area contributed by atoms with Crippen molar-refractivity contribution in [1.29, 1.82) is 0 Å². The summed E-state index contributed by atoms with van der Waals surface area (Å²) in [5.41, 5.74) is 1.69. The molecule has 2 bridgehead atoms. The summed E-state index contributed by atoms with van der Waals surface area (Å²) in [5, 5.41) is 13.3. The third-order valence-electron chi connectivity index (χ3n) is 10.3. The van der Waals surface area contributed by atoms with E-state index in [9.17, 15) is 24.3 Å². The number of amides is 3. The first-order valence-electron chi connectivity index (χ1n) is 17.3. The van der Waals surface area contributed by atoms with Crippen LogP contribution in [0.4, 0.5) is 5.69 Å². The van der Waals surface area contributed by atoms with Gasteiger partial charge in [-0.05, 0) is 50.3 Å². The molecule has 3 saturated heterocycles. The number of allylic oxidation sites excluding steroid dienone is 1. The van der Waals surface area contributed by atoms with Crippen LogP contribution in [0.3, 0.4) is 0 Å². The van der Waals surface area contributed by atoms with Crippen LogP contribution in [0.5, 0.6) is 0 Å². The quantitative estimate of drug-likeness (QED) is 0.147. The first-order valence-corrected chi connectivity index (χ1v) is 18.2. The Morgan fingerprint density at radius 3 is 2.43 bits per heavy atom. The molecule has 3 heterocycles. The van der Waals surface area contributed by atoms with Gasteiger partial charge < -0.3 is 34.4 Å². The number of hydrogen-bond acceptors (Lipinski definition) is 8. The number of para-hydroxylation sites is 1. The lowest BCUT2D eigenvalue weighted by molar-refractivity contribution is -0.163. The Kier molecular flexibility index (Phi) is 12.2. The summed E-state index contributed by atoms with van der Waals surface area (Å²) < 4.78 is 18.5. The number of aliphatic hydroxyl groups excluding tert-OH is 1. The standard InChI is InChI=1S/C39H48BrN3O8/c1-7-9-18-29(45)41-28(22-49-6)33(26-16-11-10-12-17-26)50-38(48)30-31-36(46)43(25(5)21-44)35(39(31)20-27(40)34(30)51-39)37(47)42(19-8-2)32-23(3)14-13-15-24(32)4/h7-8,10-17,25,27-28,30-31,33-35,44H,1-2,9,18-22H2,3-6H3,(H,41,45)/t25-,27?,28+,30-,31+,33+,34-,35-,39+/m1/s1. The van der Waals surface area contributed by atoms with E-state index in [2.05, 4.69) is 34.4 Å². The summed E-state index contributed by atoms with van der Waals surface area (Å²) in [6, 6.07) is 12.1. The zero-order valence-electron chi connectivity index (χ0n) is 29.6. The average molecular weight is 767 g/mol. The van der Waals surface area contributed by atoms with E-state index in [0.29, 0.717) is 17.7 Å². The van der Waals surface area contributed by atoms with Crippen LogP contribution < -0.4 is 10.2 Å². The third kappa shape index (κ3) is 7.16. The maximum atomic E-state index is 15.0. The Morgan fingerprint density at radius 2 is 1.82 bits per heavy atom. The fourth-order valence-corrected chi connectivity index (χ4v) is 9.05. The first-order chi connectivity index (χ1) is 24.4. The molecule has 2 N–H and O–H groups in total. The molecular weight excluding hydrogens is 718 g/mol. The lowest BCUT2D eigenvalue weighted by Crippen LogP contribution is -2.59. The number of likely N-dealkylation sites (tertiary alicyclic amines) is 1. The molecule has 0 saturated carbocycles. The van der Waals surface area contributed by atoms with Gasteiger partial charge in [0.1, 0.15) is 17.7 Å². The van der Waals surface area contributed by atoms with E-state index < -0.39 is 66.3 Å². The molecule has 11 nitrogen and oxygen atoms in total. The fourth-order valence-electron chi connectivity index (χ4n) is 8.10. The molecule has 12 heteroatoms. The number of hydrogen-bond donors (Lipinski definition) is 2. The number of benzene rings is 2. The van der Waals surface area contributed by atoms with Crippen LogP contribution in [0.1, 0.15) is 49.0 Å². The van der Waals surface area contributed by atoms with E-state index in [1.54, 1.807) is 48.2 Å². The number of nitrogens with one attached hydrogen (secondary N) is 1. The predicted octanol–water partition coefficient (Wildman–Crippen LogP) is 4.33. The molecule has 1 spiro atoms. The zero-order chi connectivity index (χ0) is 37.0. The van der Waals surface area contributed by atoms with Crippen molar-refractivity contribution in [1.82, 2.24) is 10.2 Å². The number of aliphatic hydroxyl groups is 1. The minimum atomic E-state index is -1.39. The van der Waals surface area contributed by atoms with Gasteiger partial charge in [0.2, 0.25) is 11.8 Å². The molecule has 0 aromatic heterocycles. The highest BCUT2D eigenvalue weighted by Crippen LogP contribution is 2.61. The number of anilines is 1. The molecular formula is C39H48BrN3O8. The number of methoxy groups -OCH3 is 1. The minimum absolute atomic E-state index is 0.0421. The summed E-state index contributed by atoms with van der Waals surface area (Å²) >= 11 is 3.73. The molecule has 1 unspecified atom stereocenters. The third-order valence-corrected chi connectivity index (χ3v) is 11.1. The Labute approximate surface area is 308 Å². The molecule has 3 aliphatic rings. The number of halogens is 1. The lowest BCUT2D eigenvalue weighted by Gasteiger charge is -2.39. The molecule has 0 radical (unpaired) electrons. The van der Waals surface area contributed by atoms with Crippen LogP contribution >= 0.6 is 15.9 Å². The topological polar surface area (TPSA) is 135 Å². The highest BCUT2D eigenvalue weighted by Gasteiger charge is 2.77. The van der Waals surface area contributed by atoms with Crippen molar-refractivity contribution in [2.24, 2.45) is 11.8 Å². The molecule has 51 heavy (non-hydrogen) atoms. The van der Waals surface area contributed by atoms with E-state index in [4.69, 9.17) is 14.2 Å². The van der Waals surface area contributed by atoms with Crippen molar-refractivity contribution >= 4 is 45.3 Å². The Bertz CT molecular complexity index is 1620. The SMILES string of the molecule is C=CCCC(=O)N[C@@H](COC)[C@@H](OC(=O)[C@H]1[C@@H]2O[C@@]3(CC2Br)[C@@H]1C(=O)N([C@H](C)CO)[C@@H]3C(=O)N(CC=C)c1c(C)cccc1C)c1ccccc1. The largest absolute Gasteiger partial charge is 0.455 e. The number of aryl methyl sites for hydroxylation is 2. The van der Waals surface area contributed by atoms with Crippen molar-refractivity contribution in [3.05, 3.63) is 90.5 Å². The number of carbonyl (C=O) groups excluding carboxylic acids is 4.